The molecule has 2 aromatic rings. The number of hydrogen-bond donors (Lipinski definition) is 0. The Hall–Kier alpha value is -3.07. The Morgan fingerprint density at radius 1 is 1.21 bits per heavy atom. The second-order valence-electron chi connectivity index (χ2n) is 7.30. The molecule has 1 aromatic heterocycles. The van der Waals surface area contributed by atoms with Gasteiger partial charge in [0, 0.05) is 19.3 Å². The summed E-state index contributed by atoms with van der Waals surface area (Å²) in [7, 11) is 0. The summed E-state index contributed by atoms with van der Waals surface area (Å²) >= 11 is 0. The minimum Gasteiger partial charge on any atom is -0.480 e. The molecule has 1 aromatic carbocycles. The highest BCUT2D eigenvalue weighted by Crippen LogP contribution is 2.29. The van der Waals surface area contributed by atoms with Gasteiger partial charge in [-0.15, -0.1) is 0 Å². The highest BCUT2D eigenvalue weighted by Gasteiger charge is 2.32. The van der Waals surface area contributed by atoms with Crippen molar-refractivity contribution in [1.29, 1.82) is 5.26 Å². The lowest BCUT2D eigenvalue weighted by molar-refractivity contribution is -0.141. The molecule has 144 valence electrons. The van der Waals surface area contributed by atoms with Crippen LogP contribution in [0.25, 0.3) is 0 Å². The maximum Gasteiger partial charge on any atom is 0.263 e. The van der Waals surface area contributed by atoms with Crippen molar-refractivity contribution in [2.45, 2.75) is 31.8 Å². The number of aryl methyl sites for hydroxylation is 1. The van der Waals surface area contributed by atoms with Crippen molar-refractivity contribution >= 4 is 5.91 Å². The van der Waals surface area contributed by atoms with E-state index >= 15 is 0 Å². The standard InChI is InChI=1S/C22H23N3O3/c23-14-18-5-3-11-24-21(18)27-15-16-9-12-25(13-10-16)22(26)20-8-7-17-4-1-2-6-19(17)28-20/h1-6,11,16,20H,7-10,12-13,15H2. The number of aromatic nitrogens is 1. The van der Waals surface area contributed by atoms with Crippen LogP contribution in [0.2, 0.25) is 0 Å². The largest absolute Gasteiger partial charge is 0.480 e. The quantitative estimate of drug-likeness (QED) is 0.819. The van der Waals surface area contributed by atoms with Crippen LogP contribution in [0.15, 0.2) is 42.6 Å². The molecule has 6 nitrogen and oxygen atoms in total. The minimum absolute atomic E-state index is 0.0883. The molecule has 1 fully saturated rings. The van der Waals surface area contributed by atoms with Gasteiger partial charge < -0.3 is 14.4 Å². The summed E-state index contributed by atoms with van der Waals surface area (Å²) in [5, 5.41) is 9.11. The fourth-order valence-corrected chi connectivity index (χ4v) is 3.81. The minimum atomic E-state index is -0.380. The van der Waals surface area contributed by atoms with Gasteiger partial charge in [-0.05, 0) is 55.4 Å². The molecule has 1 saturated heterocycles. The van der Waals surface area contributed by atoms with Gasteiger partial charge in [-0.25, -0.2) is 4.98 Å². The molecule has 3 heterocycles. The molecule has 6 heteroatoms. The number of likely N-dealkylation sites (tertiary alicyclic amines) is 1. The first-order valence-electron chi connectivity index (χ1n) is 9.76. The van der Waals surface area contributed by atoms with Crippen LogP contribution < -0.4 is 9.47 Å². The fourth-order valence-electron chi connectivity index (χ4n) is 3.81. The molecule has 1 amide bonds. The summed E-state index contributed by atoms with van der Waals surface area (Å²) in [6.45, 7) is 1.93. The Morgan fingerprint density at radius 3 is 2.86 bits per heavy atom. The van der Waals surface area contributed by atoms with E-state index in [9.17, 15) is 4.79 Å². The number of piperidine rings is 1. The van der Waals surface area contributed by atoms with E-state index < -0.39 is 0 Å². The molecule has 0 radical (unpaired) electrons. The van der Waals surface area contributed by atoms with Crippen molar-refractivity contribution in [2.24, 2.45) is 5.92 Å². The lowest BCUT2D eigenvalue weighted by Crippen LogP contribution is -2.47. The zero-order chi connectivity index (χ0) is 19.3. The number of carbonyl (C=O) groups excluding carboxylic acids is 1. The predicted molar refractivity (Wildman–Crippen MR) is 103 cm³/mol. The SMILES string of the molecule is N#Cc1cccnc1OCC1CCN(C(=O)C2CCc3ccccc3O2)CC1. The molecule has 0 spiro atoms. The third-order valence-electron chi connectivity index (χ3n) is 5.47. The lowest BCUT2D eigenvalue weighted by Gasteiger charge is -2.35. The number of ether oxygens (including phenoxy) is 2. The average Bonchev–Trinajstić information content (AvgIpc) is 2.77. The van der Waals surface area contributed by atoms with Crippen LogP contribution >= 0.6 is 0 Å². The fraction of sp³-hybridized carbons (Fsp3) is 0.409. The maximum atomic E-state index is 12.9. The topological polar surface area (TPSA) is 75.5 Å². The first-order valence-corrected chi connectivity index (χ1v) is 9.76. The number of nitriles is 1. The van der Waals surface area contributed by atoms with Crippen molar-refractivity contribution in [3.8, 4) is 17.7 Å². The van der Waals surface area contributed by atoms with Crippen LogP contribution in [0.1, 0.15) is 30.4 Å². The summed E-state index contributed by atoms with van der Waals surface area (Å²) in [6, 6.07) is 13.5. The lowest BCUT2D eigenvalue weighted by atomic mass is 9.96. The normalized spacial score (nSPS) is 19.2. The van der Waals surface area contributed by atoms with Crippen LogP contribution in [-0.2, 0) is 11.2 Å². The van der Waals surface area contributed by atoms with Gasteiger partial charge in [0.1, 0.15) is 17.4 Å². The predicted octanol–water partition coefficient (Wildman–Crippen LogP) is 2.96. The van der Waals surface area contributed by atoms with Crippen molar-refractivity contribution < 1.29 is 14.3 Å². The zero-order valence-corrected chi connectivity index (χ0v) is 15.7. The van der Waals surface area contributed by atoms with Gasteiger partial charge in [0.05, 0.1) is 6.61 Å². The second-order valence-corrected chi connectivity index (χ2v) is 7.30. The van der Waals surface area contributed by atoms with Gasteiger partial charge in [-0.3, -0.25) is 4.79 Å². The summed E-state index contributed by atoms with van der Waals surface area (Å²) in [4.78, 5) is 18.9. The number of hydrogen-bond acceptors (Lipinski definition) is 5. The first kappa shape index (κ1) is 18.3. The molecule has 1 unspecified atom stereocenters. The van der Waals surface area contributed by atoms with Gasteiger partial charge in [-0.2, -0.15) is 5.26 Å². The molecule has 0 bridgehead atoms. The van der Waals surface area contributed by atoms with Crippen LogP contribution in [0.5, 0.6) is 11.6 Å². The third kappa shape index (κ3) is 3.94. The molecule has 2 aliphatic rings. The molecule has 0 aliphatic carbocycles. The van der Waals surface area contributed by atoms with Crippen molar-refractivity contribution in [2.75, 3.05) is 19.7 Å². The smallest absolute Gasteiger partial charge is 0.263 e. The Morgan fingerprint density at radius 2 is 2.04 bits per heavy atom. The van der Waals surface area contributed by atoms with E-state index in [0.717, 1.165) is 31.4 Å². The number of carbonyl (C=O) groups is 1. The van der Waals surface area contributed by atoms with E-state index in [1.165, 1.54) is 5.56 Å². The molecule has 4 rings (SSSR count). The van der Waals surface area contributed by atoms with Gasteiger partial charge in [-0.1, -0.05) is 18.2 Å². The number of amides is 1. The van der Waals surface area contributed by atoms with Crippen molar-refractivity contribution in [3.05, 3.63) is 53.7 Å². The van der Waals surface area contributed by atoms with E-state index in [4.69, 9.17) is 14.7 Å². The highest BCUT2D eigenvalue weighted by molar-refractivity contribution is 5.81. The van der Waals surface area contributed by atoms with Crippen LogP contribution in [0.4, 0.5) is 0 Å². The number of rotatable bonds is 4. The van der Waals surface area contributed by atoms with E-state index in [2.05, 4.69) is 17.1 Å². The third-order valence-corrected chi connectivity index (χ3v) is 5.47. The van der Waals surface area contributed by atoms with Crippen LogP contribution in [0, 0.1) is 17.2 Å². The molecule has 1 atom stereocenters. The molecule has 0 saturated carbocycles. The molecular formula is C22H23N3O3. The summed E-state index contributed by atoms with van der Waals surface area (Å²) in [5.74, 6) is 1.66. The number of para-hydroxylation sites is 1. The van der Waals surface area contributed by atoms with Gasteiger partial charge >= 0.3 is 0 Å². The summed E-state index contributed by atoms with van der Waals surface area (Å²) < 4.78 is 11.7. The number of pyridine rings is 1. The molecule has 28 heavy (non-hydrogen) atoms. The van der Waals surface area contributed by atoms with Crippen molar-refractivity contribution in [3.63, 3.8) is 0 Å². The van der Waals surface area contributed by atoms with E-state index in [-0.39, 0.29) is 12.0 Å². The number of nitrogens with zero attached hydrogens (tertiary/aromatic N) is 3. The molecule has 2 aliphatic heterocycles. The van der Waals surface area contributed by atoms with Crippen LogP contribution in [0.3, 0.4) is 0 Å². The van der Waals surface area contributed by atoms with Crippen LogP contribution in [-0.4, -0.2) is 41.6 Å². The van der Waals surface area contributed by atoms with Gasteiger partial charge in [0.2, 0.25) is 5.88 Å². The van der Waals surface area contributed by atoms with Gasteiger partial charge in [0.15, 0.2) is 6.10 Å². The maximum absolute atomic E-state index is 12.9. The Bertz CT molecular complexity index is 885. The first-order chi connectivity index (χ1) is 13.7. The summed E-state index contributed by atoms with van der Waals surface area (Å²) in [5.41, 5.74) is 1.62. The van der Waals surface area contributed by atoms with E-state index in [1.807, 2.05) is 23.1 Å². The Labute approximate surface area is 164 Å². The Balaban J connectivity index is 1.27. The van der Waals surface area contributed by atoms with Gasteiger partial charge in [0.25, 0.3) is 5.91 Å². The average molecular weight is 377 g/mol. The molecule has 0 N–H and O–H groups in total. The molecular weight excluding hydrogens is 354 g/mol. The highest BCUT2D eigenvalue weighted by atomic mass is 16.5. The number of benzene rings is 1. The Kier molecular flexibility index (Phi) is 5.43. The summed E-state index contributed by atoms with van der Waals surface area (Å²) in [6.07, 6.45) is 4.61. The van der Waals surface area contributed by atoms with E-state index in [0.29, 0.717) is 37.1 Å². The monoisotopic (exact) mass is 377 g/mol. The van der Waals surface area contributed by atoms with Crippen molar-refractivity contribution in [1.82, 2.24) is 9.88 Å². The zero-order valence-electron chi connectivity index (χ0n) is 15.7. The second kappa shape index (κ2) is 8.30. The number of fused-ring (bicyclic) bond motifs is 1. The van der Waals surface area contributed by atoms with E-state index in [1.54, 1.807) is 18.3 Å².